The van der Waals surface area contributed by atoms with Crippen LogP contribution >= 0.6 is 12.4 Å². The Kier molecular flexibility index (Phi) is 10.7. The number of anilines is 4. The minimum Gasteiger partial charge on any atom is -0.477 e. The van der Waals surface area contributed by atoms with Crippen LogP contribution in [0.3, 0.4) is 0 Å². The molecule has 5 aromatic rings. The van der Waals surface area contributed by atoms with Crippen molar-refractivity contribution < 1.29 is 28.6 Å². The molecule has 0 radical (unpaired) electrons. The summed E-state index contributed by atoms with van der Waals surface area (Å²) in [7, 11) is 1.29. The molecule has 0 saturated carbocycles. The third kappa shape index (κ3) is 7.25. The first-order valence-electron chi connectivity index (χ1n) is 13.1. The summed E-state index contributed by atoms with van der Waals surface area (Å²) in [6.07, 6.45) is 0. The number of nitrogens with one attached hydrogen (secondary N) is 2. The number of carbonyl (C=O) groups excluding carboxylic acids is 2. The monoisotopic (exact) mass is 654 g/mol. The Morgan fingerprint density at radius 1 is 1.04 bits per heavy atom. The smallest absolute Gasteiger partial charge is 0.354 e. The molecule has 9 N–H and O–H groups in total. The Bertz CT molecular complexity index is 2010. The number of carbonyl (C=O) groups is 3. The van der Waals surface area contributed by atoms with Crippen molar-refractivity contribution in [2.24, 2.45) is 5.73 Å². The van der Waals surface area contributed by atoms with Gasteiger partial charge in [-0.15, -0.1) is 17.5 Å². The molecule has 0 saturated heterocycles. The van der Waals surface area contributed by atoms with Crippen LogP contribution in [0.2, 0.25) is 0 Å². The van der Waals surface area contributed by atoms with Crippen LogP contribution in [0.15, 0.2) is 64.2 Å². The molecule has 2 aromatic heterocycles. The number of fused-ring (bicyclic) bond motifs is 1. The molecule has 17 heteroatoms. The van der Waals surface area contributed by atoms with Crippen molar-refractivity contribution in [1.82, 2.24) is 19.9 Å². The number of hydrogen-bond donors (Lipinski definition) is 6. The maximum absolute atomic E-state index is 13.4. The van der Waals surface area contributed by atoms with Gasteiger partial charge in [-0.3, -0.25) is 14.4 Å². The highest BCUT2D eigenvalue weighted by Gasteiger charge is 2.20. The number of nitrogens with zero attached hydrogens (tertiary/aromatic N) is 3. The molecule has 0 aliphatic carbocycles. The van der Waals surface area contributed by atoms with Crippen molar-refractivity contribution in [3.8, 4) is 0 Å². The number of benzene rings is 2. The number of aromatic nitrogens is 3. The molecule has 2 heterocycles. The zero-order valence-electron chi connectivity index (χ0n) is 24.2. The van der Waals surface area contributed by atoms with Gasteiger partial charge < -0.3 is 37.7 Å². The lowest BCUT2D eigenvalue weighted by Crippen LogP contribution is -2.36. The molecule has 0 unspecified atom stereocenters. The van der Waals surface area contributed by atoms with Crippen molar-refractivity contribution in [2.45, 2.75) is 19.5 Å². The van der Waals surface area contributed by atoms with Crippen molar-refractivity contribution in [3.63, 3.8) is 0 Å². The fourth-order valence-electron chi connectivity index (χ4n) is 4.10. The second-order valence-corrected chi connectivity index (χ2v) is 9.57. The van der Waals surface area contributed by atoms with Crippen molar-refractivity contribution in [1.29, 1.82) is 0 Å². The first-order chi connectivity index (χ1) is 21.3. The maximum Gasteiger partial charge on any atom is 0.354 e. The number of hydrogen-bond acceptors (Lipinski definition) is 12. The standard InChI is InChI=1S/C18H17N5O5.C11H10FN3O2.ClH/c1-9(10-3-5-11(6-4-10)18(27)28-2)20-16(24)12-7-13(17(25)26)23-15(21-12)8-14(19)22-23;12-6-2-1-5(4-13)3-7(6)15-9-8(14)10(16)11(9)17;/h3-9H,1-2H3,(H2,19,22)(H,20,24)(H,25,26);1-3,15H,4,13-14H2;1H/t9-;;/m0../s1. The van der Waals surface area contributed by atoms with Gasteiger partial charge in [0.05, 0.1) is 24.4 Å². The van der Waals surface area contributed by atoms with Gasteiger partial charge in [0.15, 0.2) is 11.3 Å². The predicted octanol–water partition coefficient (Wildman–Crippen LogP) is 1.92. The van der Waals surface area contributed by atoms with Crippen LogP contribution in [0.4, 0.5) is 27.3 Å². The van der Waals surface area contributed by atoms with Crippen molar-refractivity contribution in [3.05, 3.63) is 109 Å². The number of nitrogen functional groups attached to an aromatic ring is 2. The Labute approximate surface area is 265 Å². The number of halogens is 2. The first kappa shape index (κ1) is 34.6. The molecule has 0 bridgehead atoms. The van der Waals surface area contributed by atoms with Gasteiger partial charge in [0.1, 0.15) is 28.7 Å². The van der Waals surface area contributed by atoms with Crippen LogP contribution in [-0.2, 0) is 11.3 Å². The minimum atomic E-state index is -1.27. The van der Waals surface area contributed by atoms with Crippen molar-refractivity contribution >= 4 is 58.8 Å². The Balaban J connectivity index is 0.000000274. The highest BCUT2D eigenvalue weighted by molar-refractivity contribution is 5.96. The second kappa shape index (κ2) is 14.3. The summed E-state index contributed by atoms with van der Waals surface area (Å²) < 4.78 is 19.1. The quantitative estimate of drug-likeness (QED) is 0.103. The van der Waals surface area contributed by atoms with E-state index in [4.69, 9.17) is 17.2 Å². The van der Waals surface area contributed by atoms with E-state index in [9.17, 15) is 33.5 Å². The van der Waals surface area contributed by atoms with Gasteiger partial charge in [0.2, 0.25) is 0 Å². The van der Waals surface area contributed by atoms with E-state index in [-0.39, 0.29) is 58.9 Å². The number of esters is 1. The van der Waals surface area contributed by atoms with Gasteiger partial charge in [0, 0.05) is 18.7 Å². The van der Waals surface area contributed by atoms with Crippen LogP contribution < -0.4 is 38.7 Å². The topological polar surface area (TPSA) is 247 Å². The molecule has 0 fully saturated rings. The highest BCUT2D eigenvalue weighted by atomic mass is 35.5. The molecule has 0 spiro atoms. The number of carboxylic acids is 1. The second-order valence-electron chi connectivity index (χ2n) is 9.57. The third-order valence-corrected chi connectivity index (χ3v) is 6.55. The van der Waals surface area contributed by atoms with Crippen molar-refractivity contribution in [2.75, 3.05) is 23.9 Å². The van der Waals surface area contributed by atoms with Gasteiger partial charge in [0.25, 0.3) is 16.8 Å². The van der Waals surface area contributed by atoms with Gasteiger partial charge in [-0.2, -0.15) is 0 Å². The molecule has 1 atom stereocenters. The summed E-state index contributed by atoms with van der Waals surface area (Å²) in [6.45, 7) is 1.99. The Morgan fingerprint density at radius 2 is 1.72 bits per heavy atom. The van der Waals surface area contributed by atoms with E-state index in [2.05, 4.69) is 25.5 Å². The Morgan fingerprint density at radius 3 is 2.30 bits per heavy atom. The number of methoxy groups -OCH3 is 1. The number of nitrogens with two attached hydrogens (primary N) is 3. The summed E-state index contributed by atoms with van der Waals surface area (Å²) >= 11 is 0. The number of carboxylic acid groups (broad SMARTS) is 1. The van der Waals surface area contributed by atoms with E-state index in [1.165, 1.54) is 31.4 Å². The SMILES string of the molecule is COC(=O)c1ccc([C@H](C)NC(=O)c2cc(C(=O)O)n3nc(N)cc3n2)cc1.Cl.NCc1ccc(F)c(Nc2c(N)c(=O)c2=O)c1. The number of aromatic carboxylic acids is 1. The fraction of sp³-hybridized carbons (Fsp3) is 0.138. The maximum atomic E-state index is 13.4. The minimum absolute atomic E-state index is 0. The van der Waals surface area contributed by atoms with E-state index < -0.39 is 40.6 Å². The third-order valence-electron chi connectivity index (χ3n) is 6.55. The summed E-state index contributed by atoms with van der Waals surface area (Å²) in [5.74, 6) is -2.74. The van der Waals surface area contributed by atoms with Crippen LogP contribution in [-0.4, -0.2) is 44.7 Å². The van der Waals surface area contributed by atoms with E-state index in [1.807, 2.05) is 0 Å². The summed E-state index contributed by atoms with van der Waals surface area (Å²) in [6, 6.07) is 12.9. The van der Waals surface area contributed by atoms with Crippen LogP contribution in [0.5, 0.6) is 0 Å². The van der Waals surface area contributed by atoms with E-state index in [0.717, 1.165) is 16.1 Å². The average Bonchev–Trinajstić information content (AvgIpc) is 3.43. The van der Waals surface area contributed by atoms with Gasteiger partial charge in [-0.1, -0.05) is 18.2 Å². The first-order valence-corrected chi connectivity index (χ1v) is 13.1. The Hall–Kier alpha value is -5.87. The van der Waals surface area contributed by atoms with Crippen LogP contribution in [0.25, 0.3) is 5.65 Å². The predicted molar refractivity (Wildman–Crippen MR) is 169 cm³/mol. The van der Waals surface area contributed by atoms with Crippen LogP contribution in [0, 0.1) is 5.82 Å². The van der Waals surface area contributed by atoms with Gasteiger partial charge >= 0.3 is 11.9 Å². The largest absolute Gasteiger partial charge is 0.477 e. The van der Waals surface area contributed by atoms with E-state index >= 15 is 0 Å². The molecule has 3 aromatic carbocycles. The lowest BCUT2D eigenvalue weighted by molar-refractivity contribution is 0.0599. The number of amides is 1. The fourth-order valence-corrected chi connectivity index (χ4v) is 4.10. The summed E-state index contributed by atoms with van der Waals surface area (Å²) in [5.41, 5.74) is 16.3. The molecule has 1 amide bonds. The molecular weight excluding hydrogens is 627 g/mol. The zero-order chi connectivity index (χ0) is 33.0. The number of rotatable bonds is 8. The van der Waals surface area contributed by atoms with Gasteiger partial charge in [-0.25, -0.2) is 23.5 Å². The molecule has 46 heavy (non-hydrogen) atoms. The molecule has 240 valence electrons. The molecule has 5 rings (SSSR count). The zero-order valence-corrected chi connectivity index (χ0v) is 25.1. The summed E-state index contributed by atoms with van der Waals surface area (Å²) in [4.78, 5) is 61.7. The molecule has 0 aliphatic rings. The van der Waals surface area contributed by atoms with E-state index in [1.54, 1.807) is 31.2 Å². The van der Waals surface area contributed by atoms with E-state index in [0.29, 0.717) is 11.1 Å². The lowest BCUT2D eigenvalue weighted by Gasteiger charge is -2.15. The number of ether oxygens (including phenoxy) is 1. The molecular formula is C29H28ClFN8O7. The normalized spacial score (nSPS) is 11.1. The lowest BCUT2D eigenvalue weighted by atomic mass is 10.1. The molecule has 0 aliphatic heterocycles. The average molecular weight is 655 g/mol. The summed E-state index contributed by atoms with van der Waals surface area (Å²) in [5, 5.41) is 18.5. The highest BCUT2D eigenvalue weighted by Crippen LogP contribution is 2.22. The molecule has 15 nitrogen and oxygen atoms in total. The van der Waals surface area contributed by atoms with Gasteiger partial charge in [-0.05, 0) is 42.3 Å². The van der Waals surface area contributed by atoms with Crippen LogP contribution in [0.1, 0.15) is 55.4 Å².